The van der Waals surface area contributed by atoms with Gasteiger partial charge >= 0.3 is 0 Å². The first-order valence-electron chi connectivity index (χ1n) is 5.23. The Labute approximate surface area is 83.9 Å². The van der Waals surface area contributed by atoms with Gasteiger partial charge in [-0.1, -0.05) is 0 Å². The number of hydrogen-bond acceptors (Lipinski definition) is 2. The average Bonchev–Trinajstić information content (AvgIpc) is 3.00. The molecule has 0 aromatic carbocycles. The van der Waals surface area contributed by atoms with E-state index in [-0.39, 0.29) is 5.91 Å². The molecular weight excluding hydrogens is 180 g/mol. The van der Waals surface area contributed by atoms with Gasteiger partial charge in [0.2, 0.25) is 11.8 Å². The molecule has 1 saturated carbocycles. The van der Waals surface area contributed by atoms with E-state index in [9.17, 15) is 9.59 Å². The Bertz CT molecular complexity index is 253. The van der Waals surface area contributed by atoms with Crippen LogP contribution in [0.4, 0.5) is 0 Å². The largest absolute Gasteiger partial charge is 0.339 e. The first-order chi connectivity index (χ1) is 6.68. The molecule has 14 heavy (non-hydrogen) atoms. The van der Waals surface area contributed by atoms with Crippen molar-refractivity contribution in [2.45, 2.75) is 19.8 Å². The van der Waals surface area contributed by atoms with E-state index in [1.807, 2.05) is 4.90 Å². The Kier molecular flexibility index (Phi) is 2.44. The second-order valence-corrected chi connectivity index (χ2v) is 4.11. The van der Waals surface area contributed by atoms with Gasteiger partial charge in [0.1, 0.15) is 0 Å². The van der Waals surface area contributed by atoms with Gasteiger partial charge in [-0.05, 0) is 12.8 Å². The van der Waals surface area contributed by atoms with Gasteiger partial charge in [0.15, 0.2) is 0 Å². The summed E-state index contributed by atoms with van der Waals surface area (Å²) in [4.78, 5) is 26.4. The molecule has 0 unspecified atom stereocenters. The number of carbonyl (C=O) groups excluding carboxylic acids is 2. The minimum atomic E-state index is 0.114. The molecule has 4 nitrogen and oxygen atoms in total. The highest BCUT2D eigenvalue weighted by molar-refractivity contribution is 5.81. The molecule has 0 N–H and O–H groups in total. The third-order valence-electron chi connectivity index (χ3n) is 2.96. The van der Waals surface area contributed by atoms with Gasteiger partial charge < -0.3 is 9.80 Å². The topological polar surface area (TPSA) is 40.6 Å². The molecule has 78 valence electrons. The van der Waals surface area contributed by atoms with Crippen LogP contribution in [0.1, 0.15) is 19.8 Å². The third-order valence-corrected chi connectivity index (χ3v) is 2.96. The van der Waals surface area contributed by atoms with Crippen LogP contribution < -0.4 is 0 Å². The predicted octanol–water partition coefficient (Wildman–Crippen LogP) is 0.0871. The number of nitrogens with zero attached hydrogens (tertiary/aromatic N) is 2. The molecule has 1 heterocycles. The van der Waals surface area contributed by atoms with Gasteiger partial charge in [0, 0.05) is 39.0 Å². The highest BCUT2D eigenvalue weighted by Gasteiger charge is 2.34. The van der Waals surface area contributed by atoms with Gasteiger partial charge in [-0.25, -0.2) is 0 Å². The van der Waals surface area contributed by atoms with Crippen molar-refractivity contribution in [2.24, 2.45) is 5.92 Å². The molecule has 1 saturated heterocycles. The summed E-state index contributed by atoms with van der Waals surface area (Å²) >= 11 is 0. The van der Waals surface area contributed by atoms with Crippen LogP contribution in [0.25, 0.3) is 0 Å². The highest BCUT2D eigenvalue weighted by atomic mass is 16.2. The van der Waals surface area contributed by atoms with Crippen molar-refractivity contribution >= 4 is 11.8 Å². The zero-order valence-corrected chi connectivity index (χ0v) is 8.53. The number of hydrogen-bond donors (Lipinski definition) is 0. The Morgan fingerprint density at radius 2 is 1.50 bits per heavy atom. The Morgan fingerprint density at radius 3 is 1.93 bits per heavy atom. The van der Waals surface area contributed by atoms with Gasteiger partial charge in [-0.15, -0.1) is 0 Å². The SMILES string of the molecule is CC(=O)N1CCN(C(=O)C2CC2)CC1. The molecule has 4 heteroatoms. The maximum Gasteiger partial charge on any atom is 0.225 e. The van der Waals surface area contributed by atoms with Crippen molar-refractivity contribution in [3.63, 3.8) is 0 Å². The first kappa shape index (κ1) is 9.49. The second kappa shape index (κ2) is 3.59. The predicted molar refractivity (Wildman–Crippen MR) is 51.6 cm³/mol. The van der Waals surface area contributed by atoms with Crippen molar-refractivity contribution in [1.82, 2.24) is 9.80 Å². The monoisotopic (exact) mass is 196 g/mol. The Morgan fingerprint density at radius 1 is 1.00 bits per heavy atom. The zero-order chi connectivity index (χ0) is 10.1. The lowest BCUT2D eigenvalue weighted by Gasteiger charge is -2.34. The van der Waals surface area contributed by atoms with E-state index in [2.05, 4.69) is 0 Å². The lowest BCUT2D eigenvalue weighted by Crippen LogP contribution is -2.50. The van der Waals surface area contributed by atoms with Crippen molar-refractivity contribution in [2.75, 3.05) is 26.2 Å². The molecule has 0 bridgehead atoms. The summed E-state index contributed by atoms with van der Waals surface area (Å²) in [6.07, 6.45) is 2.12. The molecule has 2 fully saturated rings. The number of amides is 2. The van der Waals surface area contributed by atoms with Crippen LogP contribution in [-0.2, 0) is 9.59 Å². The van der Waals surface area contributed by atoms with E-state index >= 15 is 0 Å². The molecule has 0 aromatic rings. The van der Waals surface area contributed by atoms with E-state index in [4.69, 9.17) is 0 Å². The standard InChI is InChI=1S/C10H16N2O2/c1-8(13)11-4-6-12(7-5-11)10(14)9-2-3-9/h9H,2-7H2,1H3. The van der Waals surface area contributed by atoms with Crippen molar-refractivity contribution in [3.05, 3.63) is 0 Å². The number of carbonyl (C=O) groups is 2. The lowest BCUT2D eigenvalue weighted by molar-refractivity contribution is -0.139. The molecule has 1 aliphatic carbocycles. The normalized spacial score (nSPS) is 22.4. The summed E-state index contributed by atoms with van der Waals surface area (Å²) in [7, 11) is 0. The van der Waals surface area contributed by atoms with E-state index < -0.39 is 0 Å². The Hall–Kier alpha value is -1.06. The summed E-state index contributed by atoms with van der Waals surface area (Å²) in [6.45, 7) is 4.42. The highest BCUT2D eigenvalue weighted by Crippen LogP contribution is 2.31. The van der Waals surface area contributed by atoms with Crippen molar-refractivity contribution in [1.29, 1.82) is 0 Å². The smallest absolute Gasteiger partial charge is 0.225 e. The number of rotatable bonds is 1. The summed E-state index contributed by atoms with van der Waals surface area (Å²) in [5.41, 5.74) is 0. The van der Waals surface area contributed by atoms with Crippen LogP contribution in [0.15, 0.2) is 0 Å². The third kappa shape index (κ3) is 1.89. The zero-order valence-electron chi connectivity index (χ0n) is 8.53. The van der Waals surface area contributed by atoms with Gasteiger partial charge in [-0.2, -0.15) is 0 Å². The molecule has 2 aliphatic rings. The molecule has 0 atom stereocenters. The minimum absolute atomic E-state index is 0.114. The molecular formula is C10H16N2O2. The molecule has 2 rings (SSSR count). The van der Waals surface area contributed by atoms with Gasteiger partial charge in [0.05, 0.1) is 0 Å². The lowest BCUT2D eigenvalue weighted by atomic mass is 10.2. The van der Waals surface area contributed by atoms with Crippen LogP contribution in [0.3, 0.4) is 0 Å². The quantitative estimate of drug-likeness (QED) is 0.596. The molecule has 0 aromatic heterocycles. The molecule has 0 spiro atoms. The van der Waals surface area contributed by atoms with E-state index in [0.29, 0.717) is 24.9 Å². The maximum atomic E-state index is 11.7. The van der Waals surface area contributed by atoms with E-state index in [1.165, 1.54) is 0 Å². The van der Waals surface area contributed by atoms with Crippen LogP contribution in [0.2, 0.25) is 0 Å². The minimum Gasteiger partial charge on any atom is -0.339 e. The van der Waals surface area contributed by atoms with Crippen LogP contribution in [0.5, 0.6) is 0 Å². The van der Waals surface area contributed by atoms with Crippen molar-refractivity contribution in [3.8, 4) is 0 Å². The van der Waals surface area contributed by atoms with E-state index in [0.717, 1.165) is 25.9 Å². The molecule has 2 amide bonds. The number of piperazine rings is 1. The van der Waals surface area contributed by atoms with Gasteiger partial charge in [-0.3, -0.25) is 9.59 Å². The Balaban J connectivity index is 1.83. The summed E-state index contributed by atoms with van der Waals surface area (Å²) in [5.74, 6) is 0.718. The summed E-state index contributed by atoms with van der Waals surface area (Å²) in [5, 5.41) is 0. The van der Waals surface area contributed by atoms with E-state index in [1.54, 1.807) is 11.8 Å². The van der Waals surface area contributed by atoms with Crippen LogP contribution in [-0.4, -0.2) is 47.8 Å². The second-order valence-electron chi connectivity index (χ2n) is 4.11. The molecule has 0 radical (unpaired) electrons. The average molecular weight is 196 g/mol. The van der Waals surface area contributed by atoms with Crippen LogP contribution >= 0.6 is 0 Å². The maximum absolute atomic E-state index is 11.7. The van der Waals surface area contributed by atoms with Gasteiger partial charge in [0.25, 0.3) is 0 Å². The molecule has 1 aliphatic heterocycles. The summed E-state index contributed by atoms with van der Waals surface area (Å²) < 4.78 is 0. The first-order valence-corrected chi connectivity index (χ1v) is 5.23. The van der Waals surface area contributed by atoms with Crippen molar-refractivity contribution < 1.29 is 9.59 Å². The fourth-order valence-corrected chi connectivity index (χ4v) is 1.83. The van der Waals surface area contributed by atoms with Crippen LogP contribution in [0, 0.1) is 5.92 Å². The fourth-order valence-electron chi connectivity index (χ4n) is 1.83. The fraction of sp³-hybridized carbons (Fsp3) is 0.800. The summed E-state index contributed by atoms with van der Waals surface area (Å²) in [6, 6.07) is 0.